The molecule has 0 fully saturated rings. The van der Waals surface area contributed by atoms with E-state index in [2.05, 4.69) is 16.4 Å². The number of unbranched alkanes of at least 4 members (excludes halogenated alkanes) is 3. The van der Waals surface area contributed by atoms with Crippen LogP contribution in [-0.2, 0) is 19.6 Å². The molecular weight excluding hydrogens is 314 g/mol. The molecule has 1 atom stereocenters. The number of benzene rings is 1. The number of sulfonamides is 1. The molecule has 130 valence electrons. The Morgan fingerprint density at radius 1 is 1.17 bits per heavy atom. The zero-order valence-corrected chi connectivity index (χ0v) is 15.0. The maximum Gasteiger partial charge on any atom is 0.307 e. The Morgan fingerprint density at radius 3 is 2.39 bits per heavy atom. The fourth-order valence-corrected chi connectivity index (χ4v) is 3.58. The van der Waals surface area contributed by atoms with E-state index in [-0.39, 0.29) is 11.3 Å². The minimum absolute atomic E-state index is 0.0493. The van der Waals surface area contributed by atoms with Crippen molar-refractivity contribution >= 4 is 16.0 Å². The maximum atomic E-state index is 12.4. The quantitative estimate of drug-likeness (QED) is 0.524. The van der Waals surface area contributed by atoms with Crippen molar-refractivity contribution in [3.63, 3.8) is 0 Å². The van der Waals surface area contributed by atoms with E-state index in [1.165, 1.54) is 7.11 Å². The van der Waals surface area contributed by atoms with Crippen LogP contribution in [0.15, 0.2) is 29.2 Å². The third-order valence-electron chi connectivity index (χ3n) is 3.70. The van der Waals surface area contributed by atoms with E-state index < -0.39 is 22.0 Å². The van der Waals surface area contributed by atoms with Gasteiger partial charge in [0.1, 0.15) is 0 Å². The number of aryl methyl sites for hydroxylation is 1. The molecule has 0 amide bonds. The Morgan fingerprint density at radius 2 is 1.83 bits per heavy atom. The average molecular weight is 341 g/mol. The molecular formula is C17H27NO4S. The van der Waals surface area contributed by atoms with Gasteiger partial charge in [-0.05, 0) is 25.5 Å². The van der Waals surface area contributed by atoms with Crippen LogP contribution in [0.5, 0.6) is 0 Å². The molecule has 0 aliphatic heterocycles. The van der Waals surface area contributed by atoms with Gasteiger partial charge in [-0.15, -0.1) is 0 Å². The van der Waals surface area contributed by atoms with Crippen molar-refractivity contribution in [2.75, 3.05) is 7.11 Å². The van der Waals surface area contributed by atoms with Crippen molar-refractivity contribution in [2.45, 2.75) is 63.3 Å². The second-order valence-electron chi connectivity index (χ2n) is 5.76. The lowest BCUT2D eigenvalue weighted by Crippen LogP contribution is -2.36. The first kappa shape index (κ1) is 19.6. The summed E-state index contributed by atoms with van der Waals surface area (Å²) in [5.41, 5.74) is 0.995. The highest BCUT2D eigenvalue weighted by Crippen LogP contribution is 2.15. The number of nitrogens with one attached hydrogen (secondary N) is 1. The van der Waals surface area contributed by atoms with Crippen molar-refractivity contribution < 1.29 is 17.9 Å². The molecule has 0 bridgehead atoms. The van der Waals surface area contributed by atoms with Crippen molar-refractivity contribution in [1.29, 1.82) is 0 Å². The van der Waals surface area contributed by atoms with Crippen LogP contribution in [0.25, 0.3) is 0 Å². The summed E-state index contributed by atoms with van der Waals surface area (Å²) in [5, 5.41) is 0. The number of carbonyl (C=O) groups is 1. The van der Waals surface area contributed by atoms with Gasteiger partial charge in [-0.2, -0.15) is 0 Å². The highest BCUT2D eigenvalue weighted by molar-refractivity contribution is 7.89. The zero-order valence-electron chi connectivity index (χ0n) is 14.2. The number of esters is 1. The highest BCUT2D eigenvalue weighted by atomic mass is 32.2. The molecule has 0 radical (unpaired) electrons. The monoisotopic (exact) mass is 341 g/mol. The highest BCUT2D eigenvalue weighted by Gasteiger charge is 2.22. The van der Waals surface area contributed by atoms with Crippen LogP contribution >= 0.6 is 0 Å². The summed E-state index contributed by atoms with van der Waals surface area (Å²) >= 11 is 0. The number of rotatable bonds is 10. The molecule has 0 heterocycles. The van der Waals surface area contributed by atoms with Gasteiger partial charge in [0.2, 0.25) is 10.0 Å². The number of ether oxygens (including phenoxy) is 1. The molecule has 0 aliphatic carbocycles. The summed E-state index contributed by atoms with van der Waals surface area (Å²) in [5.74, 6) is -0.405. The molecule has 1 aromatic rings. The molecule has 1 rings (SSSR count). The van der Waals surface area contributed by atoms with Crippen LogP contribution in [0.1, 0.15) is 51.0 Å². The molecule has 6 heteroatoms. The molecule has 0 spiro atoms. The molecule has 1 N–H and O–H groups in total. The molecule has 0 saturated heterocycles. The van der Waals surface area contributed by atoms with Gasteiger partial charge in [-0.25, -0.2) is 13.1 Å². The largest absolute Gasteiger partial charge is 0.469 e. The lowest BCUT2D eigenvalue weighted by molar-refractivity contribution is -0.141. The maximum absolute atomic E-state index is 12.4. The van der Waals surface area contributed by atoms with Gasteiger partial charge in [0.15, 0.2) is 0 Å². The SMILES string of the molecule is CCCCCC[C@H](CC(=O)OC)NS(=O)(=O)c1ccc(C)cc1. The van der Waals surface area contributed by atoms with Crippen LogP contribution in [0.2, 0.25) is 0 Å². The van der Waals surface area contributed by atoms with Gasteiger partial charge in [0.05, 0.1) is 18.4 Å². The smallest absolute Gasteiger partial charge is 0.307 e. The zero-order chi connectivity index (χ0) is 17.3. The summed E-state index contributed by atoms with van der Waals surface area (Å²) < 4.78 is 32.2. The Hall–Kier alpha value is -1.40. The van der Waals surface area contributed by atoms with E-state index >= 15 is 0 Å². The minimum Gasteiger partial charge on any atom is -0.469 e. The Bertz CT molecular complexity index is 581. The molecule has 5 nitrogen and oxygen atoms in total. The number of hydrogen-bond acceptors (Lipinski definition) is 4. The van der Waals surface area contributed by atoms with Crippen molar-refractivity contribution in [2.24, 2.45) is 0 Å². The summed E-state index contributed by atoms with van der Waals surface area (Å²) in [6, 6.07) is 6.22. The molecule has 0 saturated carbocycles. The Labute approximate surface area is 139 Å². The second-order valence-corrected chi connectivity index (χ2v) is 7.47. The number of methoxy groups -OCH3 is 1. The first-order valence-corrected chi connectivity index (χ1v) is 9.53. The van der Waals surface area contributed by atoms with Crippen LogP contribution in [0.4, 0.5) is 0 Å². The van der Waals surface area contributed by atoms with Crippen LogP contribution in [-0.4, -0.2) is 27.5 Å². The molecule has 0 aliphatic rings. The van der Waals surface area contributed by atoms with Gasteiger partial charge in [0, 0.05) is 6.04 Å². The predicted molar refractivity (Wildman–Crippen MR) is 90.7 cm³/mol. The van der Waals surface area contributed by atoms with E-state index in [1.54, 1.807) is 24.3 Å². The normalized spacial score (nSPS) is 12.8. The van der Waals surface area contributed by atoms with Crippen molar-refractivity contribution in [3.05, 3.63) is 29.8 Å². The fourth-order valence-electron chi connectivity index (χ4n) is 2.31. The molecule has 1 aromatic carbocycles. The second kappa shape index (κ2) is 9.67. The standard InChI is InChI=1S/C17H27NO4S/c1-4-5-6-7-8-15(13-17(19)22-3)18-23(20,21)16-11-9-14(2)10-12-16/h9-12,15,18H,4-8,13H2,1-3H3/t15-/m1/s1. The van der Waals surface area contributed by atoms with Gasteiger partial charge >= 0.3 is 5.97 Å². The summed E-state index contributed by atoms with van der Waals surface area (Å²) in [6.45, 7) is 4.02. The topological polar surface area (TPSA) is 72.5 Å². The Balaban J connectivity index is 2.76. The van der Waals surface area contributed by atoms with E-state index in [1.807, 2.05) is 6.92 Å². The first-order valence-electron chi connectivity index (χ1n) is 8.05. The van der Waals surface area contributed by atoms with Crippen LogP contribution in [0, 0.1) is 6.92 Å². The predicted octanol–water partition coefficient (Wildman–Crippen LogP) is 3.18. The van der Waals surface area contributed by atoms with Crippen molar-refractivity contribution in [3.8, 4) is 0 Å². The van der Waals surface area contributed by atoms with Gasteiger partial charge < -0.3 is 4.74 Å². The van der Waals surface area contributed by atoms with E-state index in [9.17, 15) is 13.2 Å². The van der Waals surface area contributed by atoms with Gasteiger partial charge in [-0.1, -0.05) is 50.3 Å². The average Bonchev–Trinajstić information content (AvgIpc) is 2.51. The third kappa shape index (κ3) is 7.14. The lowest BCUT2D eigenvalue weighted by atomic mass is 10.1. The van der Waals surface area contributed by atoms with Crippen LogP contribution in [0.3, 0.4) is 0 Å². The number of carbonyl (C=O) groups excluding carboxylic acids is 1. The molecule has 23 heavy (non-hydrogen) atoms. The van der Waals surface area contributed by atoms with Gasteiger partial charge in [0.25, 0.3) is 0 Å². The minimum atomic E-state index is -3.63. The lowest BCUT2D eigenvalue weighted by Gasteiger charge is -2.18. The van der Waals surface area contributed by atoms with E-state index in [0.29, 0.717) is 6.42 Å². The van der Waals surface area contributed by atoms with E-state index in [0.717, 1.165) is 31.2 Å². The molecule has 0 aromatic heterocycles. The summed E-state index contributed by atoms with van der Waals surface area (Å²) in [4.78, 5) is 11.7. The van der Waals surface area contributed by atoms with Gasteiger partial charge in [-0.3, -0.25) is 4.79 Å². The van der Waals surface area contributed by atoms with E-state index in [4.69, 9.17) is 0 Å². The summed E-state index contributed by atoms with van der Waals surface area (Å²) in [7, 11) is -2.32. The summed E-state index contributed by atoms with van der Waals surface area (Å²) in [6.07, 6.45) is 4.80. The van der Waals surface area contributed by atoms with Crippen LogP contribution < -0.4 is 4.72 Å². The fraction of sp³-hybridized carbons (Fsp3) is 0.588. The third-order valence-corrected chi connectivity index (χ3v) is 5.24. The first-order chi connectivity index (χ1) is 10.9. The van der Waals surface area contributed by atoms with Crippen molar-refractivity contribution in [1.82, 2.24) is 4.72 Å². The number of hydrogen-bond donors (Lipinski definition) is 1. The Kier molecular flexibility index (Phi) is 8.26. The molecule has 0 unspecified atom stereocenters.